The Kier molecular flexibility index (Phi) is 4.23. The van der Waals surface area contributed by atoms with Gasteiger partial charge in [0.05, 0.1) is 13.0 Å². The van der Waals surface area contributed by atoms with Gasteiger partial charge in [-0.2, -0.15) is 0 Å². The summed E-state index contributed by atoms with van der Waals surface area (Å²) in [4.78, 5) is 11.5. The molecule has 0 atom stereocenters. The van der Waals surface area contributed by atoms with E-state index in [2.05, 4.69) is 10.6 Å². The highest BCUT2D eigenvalue weighted by Crippen LogP contribution is 2.17. The molecule has 2 aromatic rings. The summed E-state index contributed by atoms with van der Waals surface area (Å²) in [7, 11) is 1.64. The number of anilines is 1. The molecule has 0 unspecified atom stereocenters. The minimum Gasteiger partial charge on any atom is -0.465 e. The number of rotatable bonds is 5. The van der Waals surface area contributed by atoms with Crippen LogP contribution in [-0.2, 0) is 17.8 Å². The van der Waals surface area contributed by atoms with Gasteiger partial charge in [0, 0.05) is 12.7 Å². The molecule has 2 N–H and O–H groups in total. The predicted octanol–water partition coefficient (Wildman–Crippen LogP) is 2.49. The number of carbonyl (C=O) groups is 1. The van der Waals surface area contributed by atoms with Gasteiger partial charge in [-0.1, -0.05) is 18.2 Å². The van der Waals surface area contributed by atoms with Gasteiger partial charge in [0.2, 0.25) is 5.91 Å². The zero-order valence-electron chi connectivity index (χ0n) is 11.2. The lowest BCUT2D eigenvalue weighted by Crippen LogP contribution is -2.20. The van der Waals surface area contributed by atoms with Crippen molar-refractivity contribution >= 4 is 11.6 Å². The van der Waals surface area contributed by atoms with Crippen LogP contribution in [0.5, 0.6) is 0 Å². The van der Waals surface area contributed by atoms with Gasteiger partial charge in [-0.05, 0) is 30.7 Å². The molecule has 0 saturated carbocycles. The molecule has 1 aromatic heterocycles. The number of benzene rings is 1. The third-order valence-corrected chi connectivity index (χ3v) is 2.90. The largest absolute Gasteiger partial charge is 0.465 e. The summed E-state index contributed by atoms with van der Waals surface area (Å²) in [5, 5.41) is 5.93. The van der Waals surface area contributed by atoms with Crippen molar-refractivity contribution in [3.63, 3.8) is 0 Å². The Balaban J connectivity index is 2.05. The van der Waals surface area contributed by atoms with Crippen molar-refractivity contribution in [2.45, 2.75) is 19.9 Å². The maximum Gasteiger partial charge on any atom is 0.224 e. The van der Waals surface area contributed by atoms with Gasteiger partial charge in [-0.25, -0.2) is 0 Å². The molecule has 0 saturated heterocycles. The van der Waals surface area contributed by atoms with E-state index in [4.69, 9.17) is 4.42 Å². The van der Waals surface area contributed by atoms with Crippen LogP contribution in [0.4, 0.5) is 5.69 Å². The number of nitrogens with one attached hydrogen (secondary N) is 2. The SMILES string of the molecule is CNC(=O)Cc1ccccc1NCc1ccc(C)o1. The summed E-state index contributed by atoms with van der Waals surface area (Å²) >= 11 is 0. The van der Waals surface area contributed by atoms with E-state index in [9.17, 15) is 4.79 Å². The van der Waals surface area contributed by atoms with E-state index in [0.29, 0.717) is 13.0 Å². The van der Waals surface area contributed by atoms with E-state index in [1.54, 1.807) is 7.05 Å². The number of carbonyl (C=O) groups excluding carboxylic acids is 1. The molecule has 4 nitrogen and oxygen atoms in total. The fraction of sp³-hybridized carbons (Fsp3) is 0.267. The summed E-state index contributed by atoms with van der Waals surface area (Å²) in [6, 6.07) is 11.7. The number of furan rings is 1. The summed E-state index contributed by atoms with van der Waals surface area (Å²) in [6.45, 7) is 2.53. The van der Waals surface area contributed by atoms with Gasteiger partial charge < -0.3 is 15.1 Å². The molecule has 0 fully saturated rings. The van der Waals surface area contributed by atoms with E-state index in [1.807, 2.05) is 43.3 Å². The summed E-state index contributed by atoms with van der Waals surface area (Å²) in [5.41, 5.74) is 1.94. The summed E-state index contributed by atoms with van der Waals surface area (Å²) < 4.78 is 5.51. The highest BCUT2D eigenvalue weighted by Gasteiger charge is 2.06. The van der Waals surface area contributed by atoms with E-state index >= 15 is 0 Å². The highest BCUT2D eigenvalue weighted by molar-refractivity contribution is 5.80. The number of hydrogen-bond donors (Lipinski definition) is 2. The molecule has 100 valence electrons. The van der Waals surface area contributed by atoms with Crippen LogP contribution in [0.1, 0.15) is 17.1 Å². The van der Waals surface area contributed by atoms with Crippen molar-refractivity contribution < 1.29 is 9.21 Å². The second kappa shape index (κ2) is 6.09. The maximum absolute atomic E-state index is 11.5. The molecule has 2 rings (SSSR count). The minimum atomic E-state index is 0.00286. The lowest BCUT2D eigenvalue weighted by Gasteiger charge is -2.10. The topological polar surface area (TPSA) is 54.3 Å². The van der Waals surface area contributed by atoms with Crippen LogP contribution in [-0.4, -0.2) is 13.0 Å². The van der Waals surface area contributed by atoms with Gasteiger partial charge in [-0.15, -0.1) is 0 Å². The van der Waals surface area contributed by atoms with E-state index in [0.717, 1.165) is 22.8 Å². The predicted molar refractivity (Wildman–Crippen MR) is 75.0 cm³/mol. The van der Waals surface area contributed by atoms with Crippen molar-refractivity contribution in [2.24, 2.45) is 0 Å². The molecule has 0 bridgehead atoms. The molecule has 4 heteroatoms. The van der Waals surface area contributed by atoms with Crippen LogP contribution in [0.25, 0.3) is 0 Å². The monoisotopic (exact) mass is 258 g/mol. The van der Waals surface area contributed by atoms with Crippen LogP contribution >= 0.6 is 0 Å². The Morgan fingerprint density at radius 3 is 2.68 bits per heavy atom. The molecule has 1 heterocycles. The summed E-state index contributed by atoms with van der Waals surface area (Å²) in [6.07, 6.45) is 0.372. The lowest BCUT2D eigenvalue weighted by atomic mass is 10.1. The van der Waals surface area contributed by atoms with Crippen molar-refractivity contribution in [1.82, 2.24) is 5.32 Å². The molecular formula is C15H18N2O2. The zero-order valence-corrected chi connectivity index (χ0v) is 11.2. The first-order chi connectivity index (χ1) is 9.19. The standard InChI is InChI=1S/C15H18N2O2/c1-11-7-8-13(19-11)10-17-14-6-4-3-5-12(14)9-15(18)16-2/h3-8,17H,9-10H2,1-2H3,(H,16,18). The van der Waals surface area contributed by atoms with Crippen molar-refractivity contribution in [3.8, 4) is 0 Å². The molecule has 0 aliphatic heterocycles. The fourth-order valence-corrected chi connectivity index (χ4v) is 1.87. The van der Waals surface area contributed by atoms with Gasteiger partial charge in [-0.3, -0.25) is 4.79 Å². The molecular weight excluding hydrogens is 240 g/mol. The van der Waals surface area contributed by atoms with E-state index < -0.39 is 0 Å². The quantitative estimate of drug-likeness (QED) is 0.866. The average molecular weight is 258 g/mol. The normalized spacial score (nSPS) is 10.2. The number of para-hydroxylation sites is 1. The van der Waals surface area contributed by atoms with Crippen molar-refractivity contribution in [2.75, 3.05) is 12.4 Å². The molecule has 19 heavy (non-hydrogen) atoms. The fourth-order valence-electron chi connectivity index (χ4n) is 1.87. The van der Waals surface area contributed by atoms with Crippen molar-refractivity contribution in [3.05, 3.63) is 53.5 Å². The Labute approximate surface area is 112 Å². The summed E-state index contributed by atoms with van der Waals surface area (Å²) in [5.74, 6) is 1.78. The number of amides is 1. The first kappa shape index (κ1) is 13.2. The Morgan fingerprint density at radius 2 is 2.00 bits per heavy atom. The van der Waals surface area contributed by atoms with Gasteiger partial charge in [0.1, 0.15) is 11.5 Å². The number of likely N-dealkylation sites (N-methyl/N-ethyl adjacent to an activating group) is 1. The Morgan fingerprint density at radius 1 is 1.21 bits per heavy atom. The minimum absolute atomic E-state index is 0.00286. The van der Waals surface area contributed by atoms with Crippen LogP contribution in [0.15, 0.2) is 40.8 Å². The molecule has 1 aromatic carbocycles. The average Bonchev–Trinajstić information content (AvgIpc) is 2.83. The molecule has 0 spiro atoms. The van der Waals surface area contributed by atoms with Crippen LogP contribution in [0, 0.1) is 6.92 Å². The van der Waals surface area contributed by atoms with Gasteiger partial charge in [0.25, 0.3) is 0 Å². The second-order valence-corrected chi connectivity index (χ2v) is 4.37. The van der Waals surface area contributed by atoms with E-state index in [1.165, 1.54) is 0 Å². The van der Waals surface area contributed by atoms with Gasteiger partial charge in [0.15, 0.2) is 0 Å². The van der Waals surface area contributed by atoms with Crippen LogP contribution in [0.3, 0.4) is 0 Å². The zero-order chi connectivity index (χ0) is 13.7. The molecule has 1 amide bonds. The second-order valence-electron chi connectivity index (χ2n) is 4.37. The molecule has 0 aliphatic rings. The van der Waals surface area contributed by atoms with E-state index in [-0.39, 0.29) is 5.91 Å². The third-order valence-electron chi connectivity index (χ3n) is 2.90. The smallest absolute Gasteiger partial charge is 0.224 e. The Hall–Kier alpha value is -2.23. The first-order valence-corrected chi connectivity index (χ1v) is 6.26. The Bertz CT molecular complexity index is 561. The lowest BCUT2D eigenvalue weighted by molar-refractivity contribution is -0.119. The molecule has 0 aliphatic carbocycles. The third kappa shape index (κ3) is 3.61. The van der Waals surface area contributed by atoms with Crippen molar-refractivity contribution in [1.29, 1.82) is 0 Å². The number of hydrogen-bond acceptors (Lipinski definition) is 3. The first-order valence-electron chi connectivity index (χ1n) is 6.26. The van der Waals surface area contributed by atoms with Crippen LogP contribution < -0.4 is 10.6 Å². The maximum atomic E-state index is 11.5. The molecule has 0 radical (unpaired) electrons. The van der Waals surface area contributed by atoms with Crippen LogP contribution in [0.2, 0.25) is 0 Å². The number of aryl methyl sites for hydroxylation is 1. The highest BCUT2D eigenvalue weighted by atomic mass is 16.3. The van der Waals surface area contributed by atoms with Gasteiger partial charge >= 0.3 is 0 Å².